The van der Waals surface area contributed by atoms with Crippen LogP contribution in [-0.2, 0) is 0 Å². The molecule has 2 heterocycles. The number of nitrogens with zero attached hydrogens (tertiary/aromatic N) is 2. The second-order valence-corrected chi connectivity index (χ2v) is 10.3. The average molecular weight is 507 g/mol. The van der Waals surface area contributed by atoms with Gasteiger partial charge in [0.15, 0.2) is 0 Å². The van der Waals surface area contributed by atoms with E-state index in [1.54, 1.807) is 12.1 Å². The molecule has 0 bridgehead atoms. The number of halogens is 4. The molecule has 7 heteroatoms. The van der Waals surface area contributed by atoms with Crippen molar-refractivity contribution in [3.63, 3.8) is 0 Å². The van der Waals surface area contributed by atoms with E-state index < -0.39 is 34.5 Å². The second-order valence-electron chi connectivity index (χ2n) is 10.3. The summed E-state index contributed by atoms with van der Waals surface area (Å²) in [5.41, 5.74) is 1.28. The van der Waals surface area contributed by atoms with Gasteiger partial charge in [0.25, 0.3) is 5.56 Å². The minimum atomic E-state index is -0.896. The summed E-state index contributed by atoms with van der Waals surface area (Å²) in [6.07, 6.45) is 2.77. The Morgan fingerprint density at radius 3 is 2.16 bits per heavy atom. The van der Waals surface area contributed by atoms with E-state index in [1.807, 2.05) is 0 Å². The first-order valence-electron chi connectivity index (χ1n) is 12.1. The average Bonchev–Trinajstić information content (AvgIpc) is 2.84. The van der Waals surface area contributed by atoms with Crippen molar-refractivity contribution in [3.8, 4) is 16.8 Å². The fourth-order valence-corrected chi connectivity index (χ4v) is 4.94. The van der Waals surface area contributed by atoms with Gasteiger partial charge in [0.1, 0.15) is 29.0 Å². The maximum Gasteiger partial charge on any atom is 0.255 e. The lowest BCUT2D eigenvalue weighted by Crippen LogP contribution is -2.43. The first-order chi connectivity index (χ1) is 17.5. The van der Waals surface area contributed by atoms with E-state index in [9.17, 15) is 18.0 Å². The summed E-state index contributed by atoms with van der Waals surface area (Å²) in [5, 5.41) is 0.407. The summed E-state index contributed by atoms with van der Waals surface area (Å²) in [4.78, 5) is 15.3. The lowest BCUT2D eigenvalue weighted by Gasteiger charge is -2.37. The van der Waals surface area contributed by atoms with E-state index >= 15 is 4.39 Å². The topological polar surface area (TPSA) is 25.2 Å². The Hall–Kier alpha value is -3.71. The fraction of sp³-hybridized carbons (Fsp3) is 0.233. The number of rotatable bonds is 3. The van der Waals surface area contributed by atoms with Gasteiger partial charge in [0, 0.05) is 41.7 Å². The number of benzene rings is 3. The molecule has 1 aromatic heterocycles. The van der Waals surface area contributed by atoms with E-state index in [0.29, 0.717) is 29.5 Å². The van der Waals surface area contributed by atoms with Crippen molar-refractivity contribution in [1.29, 1.82) is 0 Å². The molecule has 3 nitrogen and oxygen atoms in total. The summed E-state index contributed by atoms with van der Waals surface area (Å²) in [7, 11) is 0. The van der Waals surface area contributed by atoms with Gasteiger partial charge in [-0.05, 0) is 86.4 Å². The largest absolute Gasteiger partial charge is 0.294 e. The third-order valence-corrected chi connectivity index (χ3v) is 6.92. The molecule has 190 valence electrons. The Morgan fingerprint density at radius 1 is 0.811 bits per heavy atom. The molecule has 0 radical (unpaired) electrons. The van der Waals surface area contributed by atoms with Crippen LogP contribution >= 0.6 is 0 Å². The van der Waals surface area contributed by atoms with Crippen molar-refractivity contribution in [2.24, 2.45) is 0 Å². The molecule has 0 saturated carbocycles. The molecular weight excluding hydrogens is 480 g/mol. The van der Waals surface area contributed by atoms with Crippen molar-refractivity contribution >= 4 is 16.5 Å². The van der Waals surface area contributed by atoms with E-state index in [1.165, 1.54) is 24.3 Å². The van der Waals surface area contributed by atoms with Crippen LogP contribution in [0.2, 0.25) is 0 Å². The van der Waals surface area contributed by atoms with Crippen LogP contribution in [-0.4, -0.2) is 28.1 Å². The zero-order valence-corrected chi connectivity index (χ0v) is 20.8. The highest BCUT2D eigenvalue weighted by atomic mass is 19.1. The quantitative estimate of drug-likeness (QED) is 0.277. The van der Waals surface area contributed by atoms with Crippen LogP contribution in [0, 0.1) is 23.3 Å². The minimum absolute atomic E-state index is 0.0172. The predicted octanol–water partition coefficient (Wildman–Crippen LogP) is 7.10. The van der Waals surface area contributed by atoms with Crippen LogP contribution < -0.4 is 5.56 Å². The third kappa shape index (κ3) is 4.60. The van der Waals surface area contributed by atoms with Gasteiger partial charge < -0.3 is 0 Å². The first kappa shape index (κ1) is 25.0. The van der Waals surface area contributed by atoms with E-state index in [4.69, 9.17) is 0 Å². The van der Waals surface area contributed by atoms with Crippen LogP contribution in [0.5, 0.6) is 0 Å². The molecule has 4 aromatic rings. The normalized spacial score (nSPS) is 14.7. The molecule has 0 saturated heterocycles. The van der Waals surface area contributed by atoms with Crippen LogP contribution in [0.3, 0.4) is 0 Å². The SMILES string of the molecule is CC(C)(C)N1CC=C(c2cc(-c3ccc(F)cc3F)c3ccc(=O)n(-c4c(F)cccc4F)c3c2)CC1. The van der Waals surface area contributed by atoms with Crippen molar-refractivity contribution < 1.29 is 17.6 Å². The van der Waals surface area contributed by atoms with Crippen molar-refractivity contribution in [3.05, 3.63) is 106 Å². The number of para-hydroxylation sites is 1. The van der Waals surface area contributed by atoms with Gasteiger partial charge in [-0.1, -0.05) is 12.1 Å². The van der Waals surface area contributed by atoms with Crippen LogP contribution in [0.1, 0.15) is 32.8 Å². The smallest absolute Gasteiger partial charge is 0.255 e. The van der Waals surface area contributed by atoms with Crippen molar-refractivity contribution in [2.75, 3.05) is 13.1 Å². The molecule has 0 N–H and O–H groups in total. The van der Waals surface area contributed by atoms with Gasteiger partial charge in [-0.2, -0.15) is 0 Å². The Balaban J connectivity index is 1.82. The third-order valence-electron chi connectivity index (χ3n) is 6.92. The molecule has 1 aliphatic rings. The van der Waals surface area contributed by atoms with Crippen LogP contribution in [0.15, 0.2) is 71.5 Å². The summed E-state index contributed by atoms with van der Waals surface area (Å²) in [6.45, 7) is 7.90. The summed E-state index contributed by atoms with van der Waals surface area (Å²) in [5.74, 6) is -3.28. The van der Waals surface area contributed by atoms with Crippen LogP contribution in [0.4, 0.5) is 17.6 Å². The molecule has 1 aliphatic heterocycles. The summed E-state index contributed by atoms with van der Waals surface area (Å²) < 4.78 is 59.4. The molecule has 0 aliphatic carbocycles. The van der Waals surface area contributed by atoms with E-state index in [0.717, 1.165) is 41.0 Å². The molecule has 0 atom stereocenters. The number of hydrogen-bond acceptors (Lipinski definition) is 2. The predicted molar refractivity (Wildman–Crippen MR) is 139 cm³/mol. The van der Waals surface area contributed by atoms with Crippen molar-refractivity contribution in [1.82, 2.24) is 9.47 Å². The molecule has 0 unspecified atom stereocenters. The number of hydrogen-bond donors (Lipinski definition) is 0. The van der Waals surface area contributed by atoms with Gasteiger partial charge in [0.2, 0.25) is 0 Å². The standard InChI is InChI=1S/C30H26F4N2O/c1-30(2,3)35-13-11-18(12-14-35)19-15-23(21-8-7-20(31)17-26(21)34)22-9-10-28(37)36(27(22)16-19)29-24(32)5-4-6-25(29)33/h4-11,15-17H,12-14H2,1-3H3. The Bertz CT molecular complexity index is 1590. The molecule has 37 heavy (non-hydrogen) atoms. The number of pyridine rings is 1. The first-order valence-corrected chi connectivity index (χ1v) is 12.1. The maximum atomic E-state index is 15.0. The molecule has 3 aromatic carbocycles. The minimum Gasteiger partial charge on any atom is -0.294 e. The zero-order valence-electron chi connectivity index (χ0n) is 20.8. The van der Waals surface area contributed by atoms with E-state index in [2.05, 4.69) is 31.7 Å². The monoisotopic (exact) mass is 506 g/mol. The Morgan fingerprint density at radius 2 is 1.54 bits per heavy atom. The van der Waals surface area contributed by atoms with Crippen molar-refractivity contribution in [2.45, 2.75) is 32.7 Å². The van der Waals surface area contributed by atoms with Gasteiger partial charge in [-0.15, -0.1) is 0 Å². The molecule has 5 rings (SSSR count). The maximum absolute atomic E-state index is 15.0. The number of fused-ring (bicyclic) bond motifs is 1. The molecule has 0 fully saturated rings. The van der Waals surface area contributed by atoms with Gasteiger partial charge >= 0.3 is 0 Å². The second kappa shape index (κ2) is 9.30. The van der Waals surface area contributed by atoms with Crippen LogP contribution in [0.25, 0.3) is 33.3 Å². The zero-order chi connectivity index (χ0) is 26.5. The number of aromatic nitrogens is 1. The Labute approximate surface area is 212 Å². The van der Waals surface area contributed by atoms with Gasteiger partial charge in [-0.3, -0.25) is 14.3 Å². The highest BCUT2D eigenvalue weighted by molar-refractivity contribution is 5.98. The van der Waals surface area contributed by atoms with Gasteiger partial charge in [0.05, 0.1) is 5.52 Å². The van der Waals surface area contributed by atoms with E-state index in [-0.39, 0.29) is 16.6 Å². The molecular formula is C30H26F4N2O. The molecule has 0 amide bonds. The fourth-order valence-electron chi connectivity index (χ4n) is 4.94. The lowest BCUT2D eigenvalue weighted by molar-refractivity contribution is 0.153. The highest BCUT2D eigenvalue weighted by Crippen LogP contribution is 2.36. The molecule has 0 spiro atoms. The Kier molecular flexibility index (Phi) is 6.28. The lowest BCUT2D eigenvalue weighted by atomic mass is 9.91. The summed E-state index contributed by atoms with van der Waals surface area (Å²) >= 11 is 0. The highest BCUT2D eigenvalue weighted by Gasteiger charge is 2.25. The summed E-state index contributed by atoms with van der Waals surface area (Å²) in [6, 6.07) is 12.9. The van der Waals surface area contributed by atoms with Gasteiger partial charge in [-0.25, -0.2) is 17.6 Å².